The minimum atomic E-state index is -0.958. The van der Waals surface area contributed by atoms with Crippen molar-refractivity contribution in [3.05, 3.63) is 22.8 Å². The standard InChI is InChI=1S/C11H12N4O4/c1-5-7(4-8(16)17)6(2)15-11(12-5)13-9(14-15)10(18)19-3/h4H2,1-3H3,(H,16,17). The van der Waals surface area contributed by atoms with Crippen LogP contribution in [-0.4, -0.2) is 43.7 Å². The Balaban J connectivity index is 2.63. The third kappa shape index (κ3) is 2.24. The van der Waals surface area contributed by atoms with Gasteiger partial charge in [0.2, 0.25) is 0 Å². The maximum Gasteiger partial charge on any atom is 0.378 e. The third-order valence-corrected chi connectivity index (χ3v) is 2.74. The van der Waals surface area contributed by atoms with Crippen molar-refractivity contribution in [3.8, 4) is 0 Å². The molecular formula is C11H12N4O4. The first-order valence-electron chi connectivity index (χ1n) is 5.47. The highest BCUT2D eigenvalue weighted by molar-refractivity contribution is 5.85. The number of rotatable bonds is 3. The topological polar surface area (TPSA) is 107 Å². The quantitative estimate of drug-likeness (QED) is 0.786. The van der Waals surface area contributed by atoms with Gasteiger partial charge in [-0.3, -0.25) is 4.79 Å². The zero-order valence-electron chi connectivity index (χ0n) is 10.7. The first-order valence-corrected chi connectivity index (χ1v) is 5.47. The van der Waals surface area contributed by atoms with E-state index in [0.717, 1.165) is 0 Å². The third-order valence-electron chi connectivity index (χ3n) is 2.74. The van der Waals surface area contributed by atoms with E-state index in [1.807, 2.05) is 0 Å². The molecule has 0 unspecified atom stereocenters. The molecule has 0 saturated carbocycles. The summed E-state index contributed by atoms with van der Waals surface area (Å²) in [7, 11) is 1.23. The summed E-state index contributed by atoms with van der Waals surface area (Å²) in [6.07, 6.45) is -0.159. The number of hydrogen-bond donors (Lipinski definition) is 1. The van der Waals surface area contributed by atoms with Crippen molar-refractivity contribution in [1.29, 1.82) is 0 Å². The number of carbonyl (C=O) groups excluding carboxylic acids is 1. The Morgan fingerprint density at radius 3 is 2.58 bits per heavy atom. The molecule has 1 N–H and O–H groups in total. The molecule has 2 rings (SSSR count). The van der Waals surface area contributed by atoms with Crippen LogP contribution in [0.3, 0.4) is 0 Å². The van der Waals surface area contributed by atoms with Gasteiger partial charge in [-0.15, -0.1) is 5.10 Å². The molecule has 0 aromatic carbocycles. The van der Waals surface area contributed by atoms with E-state index in [4.69, 9.17) is 5.11 Å². The first kappa shape index (κ1) is 12.9. The van der Waals surface area contributed by atoms with Crippen LogP contribution in [0.25, 0.3) is 5.78 Å². The van der Waals surface area contributed by atoms with E-state index >= 15 is 0 Å². The number of ether oxygens (including phenoxy) is 1. The monoisotopic (exact) mass is 264 g/mol. The largest absolute Gasteiger partial charge is 0.481 e. The summed E-state index contributed by atoms with van der Waals surface area (Å²) >= 11 is 0. The summed E-state index contributed by atoms with van der Waals surface area (Å²) < 4.78 is 5.88. The van der Waals surface area contributed by atoms with Gasteiger partial charge in [-0.1, -0.05) is 0 Å². The van der Waals surface area contributed by atoms with E-state index in [1.54, 1.807) is 13.8 Å². The Bertz CT molecular complexity index is 677. The van der Waals surface area contributed by atoms with Crippen LogP contribution in [0.5, 0.6) is 0 Å². The van der Waals surface area contributed by atoms with Crippen LogP contribution >= 0.6 is 0 Å². The van der Waals surface area contributed by atoms with Gasteiger partial charge < -0.3 is 9.84 Å². The molecule has 2 aromatic rings. The number of aromatic nitrogens is 4. The van der Waals surface area contributed by atoms with Crippen molar-refractivity contribution >= 4 is 17.7 Å². The summed E-state index contributed by atoms with van der Waals surface area (Å²) in [4.78, 5) is 30.3. The Morgan fingerprint density at radius 2 is 2.00 bits per heavy atom. The lowest BCUT2D eigenvalue weighted by Gasteiger charge is -2.07. The zero-order valence-corrected chi connectivity index (χ0v) is 10.7. The maximum absolute atomic E-state index is 11.4. The van der Waals surface area contributed by atoms with E-state index in [2.05, 4.69) is 19.8 Å². The van der Waals surface area contributed by atoms with Gasteiger partial charge in [0.05, 0.1) is 13.5 Å². The van der Waals surface area contributed by atoms with Crippen LogP contribution < -0.4 is 0 Å². The van der Waals surface area contributed by atoms with Crippen LogP contribution in [0.2, 0.25) is 0 Å². The average Bonchev–Trinajstić information content (AvgIpc) is 2.77. The smallest absolute Gasteiger partial charge is 0.378 e. The number of fused-ring (bicyclic) bond motifs is 1. The van der Waals surface area contributed by atoms with Crippen LogP contribution in [0.15, 0.2) is 0 Å². The second-order valence-electron chi connectivity index (χ2n) is 3.97. The lowest BCUT2D eigenvalue weighted by molar-refractivity contribution is -0.136. The van der Waals surface area contributed by atoms with E-state index in [9.17, 15) is 9.59 Å². The predicted octanol–water partition coefficient (Wildman–Crippen LogP) is 0.155. The fourth-order valence-corrected chi connectivity index (χ4v) is 1.79. The van der Waals surface area contributed by atoms with Gasteiger partial charge >= 0.3 is 11.9 Å². The van der Waals surface area contributed by atoms with Crippen molar-refractivity contribution in [2.45, 2.75) is 20.3 Å². The van der Waals surface area contributed by atoms with Gasteiger partial charge in [-0.05, 0) is 13.8 Å². The molecular weight excluding hydrogens is 252 g/mol. The van der Waals surface area contributed by atoms with Gasteiger partial charge in [0.15, 0.2) is 0 Å². The highest BCUT2D eigenvalue weighted by Crippen LogP contribution is 2.14. The number of aliphatic carboxylic acids is 1. The van der Waals surface area contributed by atoms with Crippen LogP contribution in [0.4, 0.5) is 0 Å². The minimum Gasteiger partial charge on any atom is -0.481 e. The summed E-state index contributed by atoms with van der Waals surface area (Å²) in [6.45, 7) is 3.40. The number of esters is 1. The van der Waals surface area contributed by atoms with Crippen molar-refractivity contribution in [3.63, 3.8) is 0 Å². The van der Waals surface area contributed by atoms with E-state index < -0.39 is 11.9 Å². The predicted molar refractivity (Wildman–Crippen MR) is 62.9 cm³/mol. The molecule has 0 amide bonds. The number of carbonyl (C=O) groups is 2. The van der Waals surface area contributed by atoms with E-state index in [-0.39, 0.29) is 18.0 Å². The van der Waals surface area contributed by atoms with Crippen molar-refractivity contribution in [2.24, 2.45) is 0 Å². The van der Waals surface area contributed by atoms with Gasteiger partial charge in [-0.2, -0.15) is 4.98 Å². The molecule has 100 valence electrons. The number of hydrogen-bond acceptors (Lipinski definition) is 6. The fraction of sp³-hybridized carbons (Fsp3) is 0.364. The second kappa shape index (κ2) is 4.63. The number of carboxylic acids is 1. The van der Waals surface area contributed by atoms with Crippen LogP contribution in [0.1, 0.15) is 27.6 Å². The van der Waals surface area contributed by atoms with Gasteiger partial charge in [0.1, 0.15) is 0 Å². The summed E-state index contributed by atoms with van der Waals surface area (Å²) in [5, 5.41) is 12.8. The number of methoxy groups -OCH3 is 1. The number of nitrogens with zero attached hydrogens (tertiary/aromatic N) is 4. The van der Waals surface area contributed by atoms with Gasteiger partial charge in [-0.25, -0.2) is 14.3 Å². The molecule has 0 spiro atoms. The zero-order chi connectivity index (χ0) is 14.2. The number of aryl methyl sites for hydroxylation is 2. The molecule has 0 bridgehead atoms. The molecule has 0 aliphatic heterocycles. The first-order chi connectivity index (χ1) is 8.93. The van der Waals surface area contributed by atoms with Gasteiger partial charge in [0, 0.05) is 17.0 Å². The molecule has 0 aliphatic rings. The summed E-state index contributed by atoms with van der Waals surface area (Å²) in [5.41, 5.74) is 1.70. The molecule has 0 atom stereocenters. The molecule has 2 heterocycles. The minimum absolute atomic E-state index is 0.107. The number of carboxylic acid groups (broad SMARTS) is 1. The van der Waals surface area contributed by atoms with Crippen LogP contribution in [-0.2, 0) is 16.0 Å². The molecule has 8 nitrogen and oxygen atoms in total. The summed E-state index contributed by atoms with van der Waals surface area (Å²) in [5.74, 6) is -1.49. The van der Waals surface area contributed by atoms with Crippen LogP contribution in [0, 0.1) is 13.8 Å². The molecule has 8 heteroatoms. The van der Waals surface area contributed by atoms with E-state index in [1.165, 1.54) is 11.6 Å². The summed E-state index contributed by atoms with van der Waals surface area (Å²) in [6, 6.07) is 0. The Morgan fingerprint density at radius 1 is 1.32 bits per heavy atom. The van der Waals surface area contributed by atoms with Gasteiger partial charge in [0.25, 0.3) is 11.6 Å². The lowest BCUT2D eigenvalue weighted by atomic mass is 10.1. The Hall–Kier alpha value is -2.51. The molecule has 0 aliphatic carbocycles. The Kier molecular flexibility index (Phi) is 3.16. The SMILES string of the molecule is COC(=O)c1nc2nc(C)c(CC(=O)O)c(C)n2n1. The molecule has 0 saturated heterocycles. The molecule has 0 fully saturated rings. The van der Waals surface area contributed by atoms with Crippen molar-refractivity contribution in [1.82, 2.24) is 19.6 Å². The normalized spacial score (nSPS) is 10.7. The highest BCUT2D eigenvalue weighted by atomic mass is 16.5. The average molecular weight is 264 g/mol. The van der Waals surface area contributed by atoms with E-state index in [0.29, 0.717) is 17.0 Å². The van der Waals surface area contributed by atoms with Crippen molar-refractivity contribution in [2.75, 3.05) is 7.11 Å². The fourth-order valence-electron chi connectivity index (χ4n) is 1.79. The molecule has 19 heavy (non-hydrogen) atoms. The maximum atomic E-state index is 11.4. The molecule has 0 radical (unpaired) electrons. The second-order valence-corrected chi connectivity index (χ2v) is 3.97. The van der Waals surface area contributed by atoms with Crippen molar-refractivity contribution < 1.29 is 19.4 Å². The highest BCUT2D eigenvalue weighted by Gasteiger charge is 2.18. The molecule has 2 aromatic heterocycles. The lowest BCUT2D eigenvalue weighted by Crippen LogP contribution is -2.10. The Labute approximate surface area is 108 Å².